The lowest BCUT2D eigenvalue weighted by molar-refractivity contribution is -0.148. The molecule has 4 nitrogen and oxygen atoms in total. The molecule has 0 bridgehead atoms. The molecule has 0 amide bonds. The van der Waals surface area contributed by atoms with Crippen molar-refractivity contribution < 1.29 is 14.3 Å². The average molecular weight is 247 g/mol. The van der Waals surface area contributed by atoms with Gasteiger partial charge in [0.05, 0.1) is 19.1 Å². The third-order valence-corrected chi connectivity index (χ3v) is 4.05. The quantitative estimate of drug-likeness (QED) is 0.824. The van der Waals surface area contributed by atoms with Gasteiger partial charge in [0.1, 0.15) is 5.75 Å². The van der Waals surface area contributed by atoms with Crippen molar-refractivity contribution >= 4 is 5.97 Å². The standard InChI is InChI=1S/C14H17NO3/c1-17-13(16)14(5-6-14)12(15)10-2-3-11-9(8-10)4-7-18-11/h2-3,8,12H,4-7,15H2,1H3. The molecule has 0 spiro atoms. The normalized spacial score (nSPS) is 20.8. The highest BCUT2D eigenvalue weighted by Gasteiger charge is 2.56. The zero-order chi connectivity index (χ0) is 12.8. The Morgan fingerprint density at radius 1 is 1.50 bits per heavy atom. The van der Waals surface area contributed by atoms with Crippen molar-refractivity contribution in [3.63, 3.8) is 0 Å². The van der Waals surface area contributed by atoms with Gasteiger partial charge in [0.2, 0.25) is 0 Å². The van der Waals surface area contributed by atoms with Gasteiger partial charge in [-0.25, -0.2) is 0 Å². The van der Waals surface area contributed by atoms with Crippen molar-refractivity contribution in [3.8, 4) is 5.75 Å². The van der Waals surface area contributed by atoms with Crippen molar-refractivity contribution in [2.45, 2.75) is 25.3 Å². The number of fused-ring (bicyclic) bond motifs is 1. The van der Waals surface area contributed by atoms with Crippen molar-refractivity contribution in [3.05, 3.63) is 29.3 Å². The molecule has 2 aliphatic rings. The summed E-state index contributed by atoms with van der Waals surface area (Å²) in [6, 6.07) is 5.69. The predicted molar refractivity (Wildman–Crippen MR) is 66.3 cm³/mol. The van der Waals surface area contributed by atoms with Crippen molar-refractivity contribution in [2.24, 2.45) is 11.1 Å². The Morgan fingerprint density at radius 3 is 2.94 bits per heavy atom. The fourth-order valence-corrected chi connectivity index (χ4v) is 2.70. The number of methoxy groups -OCH3 is 1. The summed E-state index contributed by atoms with van der Waals surface area (Å²) < 4.78 is 10.3. The first kappa shape index (κ1) is 11.5. The Morgan fingerprint density at radius 2 is 2.28 bits per heavy atom. The Labute approximate surface area is 106 Å². The summed E-state index contributed by atoms with van der Waals surface area (Å²) in [4.78, 5) is 11.8. The summed E-state index contributed by atoms with van der Waals surface area (Å²) in [5, 5.41) is 0. The zero-order valence-corrected chi connectivity index (χ0v) is 10.4. The smallest absolute Gasteiger partial charge is 0.313 e. The van der Waals surface area contributed by atoms with Gasteiger partial charge in [0.15, 0.2) is 0 Å². The van der Waals surface area contributed by atoms with E-state index in [0.717, 1.165) is 37.2 Å². The Hall–Kier alpha value is -1.55. The lowest BCUT2D eigenvalue weighted by atomic mass is 9.89. The molecule has 1 unspecified atom stereocenters. The molecule has 0 aromatic heterocycles. The molecule has 1 aromatic rings. The minimum absolute atomic E-state index is 0.188. The molecular formula is C14H17NO3. The molecule has 2 N–H and O–H groups in total. The molecule has 0 saturated heterocycles. The Bertz CT molecular complexity index is 494. The molecule has 18 heavy (non-hydrogen) atoms. The van der Waals surface area contributed by atoms with Crippen LogP contribution in [-0.2, 0) is 16.0 Å². The number of nitrogens with two attached hydrogens (primary N) is 1. The van der Waals surface area contributed by atoms with Crippen LogP contribution < -0.4 is 10.5 Å². The van der Waals surface area contributed by atoms with Gasteiger partial charge in [-0.15, -0.1) is 0 Å². The van der Waals surface area contributed by atoms with Gasteiger partial charge in [-0.2, -0.15) is 0 Å². The molecule has 96 valence electrons. The molecule has 0 radical (unpaired) electrons. The summed E-state index contributed by atoms with van der Waals surface area (Å²) in [5.74, 6) is 0.751. The van der Waals surface area contributed by atoms with Crippen LogP contribution in [0.4, 0.5) is 0 Å². The molecule has 1 atom stereocenters. The van der Waals surface area contributed by atoms with Crippen LogP contribution in [0.1, 0.15) is 30.0 Å². The van der Waals surface area contributed by atoms with Gasteiger partial charge in [-0.1, -0.05) is 12.1 Å². The highest BCUT2D eigenvalue weighted by Crippen LogP contribution is 2.55. The largest absolute Gasteiger partial charge is 0.493 e. The number of carbonyl (C=O) groups is 1. The van der Waals surface area contributed by atoms with Crippen LogP contribution in [0, 0.1) is 5.41 Å². The van der Waals surface area contributed by atoms with Crippen LogP contribution in [-0.4, -0.2) is 19.7 Å². The molecule has 4 heteroatoms. The van der Waals surface area contributed by atoms with Crippen LogP contribution in [0.15, 0.2) is 18.2 Å². The van der Waals surface area contributed by atoms with E-state index in [1.807, 2.05) is 12.1 Å². The van der Waals surface area contributed by atoms with Crippen LogP contribution in [0.2, 0.25) is 0 Å². The lowest BCUT2D eigenvalue weighted by Crippen LogP contribution is -2.31. The van der Waals surface area contributed by atoms with Gasteiger partial charge in [-0.3, -0.25) is 4.79 Å². The van der Waals surface area contributed by atoms with Crippen LogP contribution in [0.25, 0.3) is 0 Å². The topological polar surface area (TPSA) is 61.5 Å². The maximum atomic E-state index is 11.8. The van der Waals surface area contributed by atoms with E-state index in [0.29, 0.717) is 0 Å². The summed E-state index contributed by atoms with van der Waals surface area (Å²) in [6.07, 6.45) is 2.55. The third-order valence-electron chi connectivity index (χ3n) is 4.05. The van der Waals surface area contributed by atoms with Crippen LogP contribution in [0.5, 0.6) is 5.75 Å². The molecule has 1 fully saturated rings. The number of hydrogen-bond donors (Lipinski definition) is 1. The average Bonchev–Trinajstić information content (AvgIpc) is 3.08. The maximum Gasteiger partial charge on any atom is 0.313 e. The van der Waals surface area contributed by atoms with Gasteiger partial charge < -0.3 is 15.2 Å². The maximum absolute atomic E-state index is 11.8. The van der Waals surface area contributed by atoms with Gasteiger partial charge in [0, 0.05) is 12.5 Å². The first-order chi connectivity index (χ1) is 8.67. The second kappa shape index (κ2) is 3.99. The van der Waals surface area contributed by atoms with Gasteiger partial charge in [0.25, 0.3) is 0 Å². The predicted octanol–water partition coefficient (Wildman–Crippen LogP) is 1.57. The van der Waals surface area contributed by atoms with Crippen molar-refractivity contribution in [1.29, 1.82) is 0 Å². The molecule has 1 aliphatic heterocycles. The summed E-state index contributed by atoms with van der Waals surface area (Å²) in [6.45, 7) is 0.732. The number of hydrogen-bond acceptors (Lipinski definition) is 4. The van der Waals surface area contributed by atoms with Crippen LogP contribution >= 0.6 is 0 Å². The first-order valence-corrected chi connectivity index (χ1v) is 6.27. The Balaban J connectivity index is 1.89. The first-order valence-electron chi connectivity index (χ1n) is 6.27. The monoisotopic (exact) mass is 247 g/mol. The van der Waals surface area contributed by atoms with E-state index in [1.54, 1.807) is 0 Å². The number of benzene rings is 1. The lowest BCUT2D eigenvalue weighted by Gasteiger charge is -2.21. The summed E-state index contributed by atoms with van der Waals surface area (Å²) in [5.41, 5.74) is 7.95. The van der Waals surface area contributed by atoms with E-state index in [-0.39, 0.29) is 12.0 Å². The zero-order valence-electron chi connectivity index (χ0n) is 10.4. The van der Waals surface area contributed by atoms with Gasteiger partial charge >= 0.3 is 5.97 Å². The number of carbonyl (C=O) groups excluding carboxylic acids is 1. The van der Waals surface area contributed by atoms with Crippen LogP contribution in [0.3, 0.4) is 0 Å². The summed E-state index contributed by atoms with van der Waals surface area (Å²) >= 11 is 0. The molecule has 1 saturated carbocycles. The minimum Gasteiger partial charge on any atom is -0.493 e. The molecule has 1 heterocycles. The fourth-order valence-electron chi connectivity index (χ4n) is 2.70. The van der Waals surface area contributed by atoms with E-state index in [9.17, 15) is 4.79 Å². The highest BCUT2D eigenvalue weighted by atomic mass is 16.5. The molecule has 1 aromatic carbocycles. The number of esters is 1. The molecule has 1 aliphatic carbocycles. The highest BCUT2D eigenvalue weighted by molar-refractivity contribution is 5.81. The Kier molecular flexibility index (Phi) is 2.55. The third kappa shape index (κ3) is 1.60. The molecule has 3 rings (SSSR count). The van der Waals surface area contributed by atoms with E-state index < -0.39 is 5.41 Å². The fraction of sp³-hybridized carbons (Fsp3) is 0.500. The van der Waals surface area contributed by atoms with E-state index in [1.165, 1.54) is 12.7 Å². The van der Waals surface area contributed by atoms with E-state index in [4.69, 9.17) is 15.2 Å². The minimum atomic E-state index is -0.498. The second-order valence-electron chi connectivity index (χ2n) is 5.09. The van der Waals surface area contributed by atoms with E-state index >= 15 is 0 Å². The van der Waals surface area contributed by atoms with Crippen molar-refractivity contribution in [1.82, 2.24) is 0 Å². The number of rotatable bonds is 3. The summed E-state index contributed by atoms with van der Waals surface area (Å²) in [7, 11) is 1.42. The number of ether oxygens (including phenoxy) is 2. The second-order valence-corrected chi connectivity index (χ2v) is 5.09. The molecular weight excluding hydrogens is 230 g/mol. The van der Waals surface area contributed by atoms with Gasteiger partial charge in [-0.05, 0) is 30.0 Å². The van der Waals surface area contributed by atoms with Crippen molar-refractivity contribution in [2.75, 3.05) is 13.7 Å². The van der Waals surface area contributed by atoms with E-state index in [2.05, 4.69) is 6.07 Å². The SMILES string of the molecule is COC(=O)C1(C(N)c2ccc3c(c2)CCO3)CC1.